The van der Waals surface area contributed by atoms with E-state index >= 15 is 0 Å². The number of rotatable bonds is 2. The van der Waals surface area contributed by atoms with Gasteiger partial charge < -0.3 is 15.2 Å². The van der Waals surface area contributed by atoms with E-state index in [2.05, 4.69) is 4.98 Å². The Morgan fingerprint density at radius 2 is 2.33 bits per heavy atom. The molecule has 0 amide bonds. The van der Waals surface area contributed by atoms with E-state index in [4.69, 9.17) is 10.2 Å². The van der Waals surface area contributed by atoms with Gasteiger partial charge >= 0.3 is 0 Å². The molecule has 0 aromatic carbocycles. The maximum atomic E-state index is 8.47. The lowest BCUT2D eigenvalue weighted by molar-refractivity contribution is -0.0381. The number of aromatic amines is 1. The molecule has 3 nitrogen and oxygen atoms in total. The molecular formula is C6H9NO2. The Balaban J connectivity index is 2.48. The Labute approximate surface area is 53.0 Å². The van der Waals surface area contributed by atoms with E-state index in [0.717, 1.165) is 5.56 Å². The third-order valence-electron chi connectivity index (χ3n) is 1.08. The number of aromatic nitrogens is 1. The molecule has 0 radical (unpaired) electrons. The van der Waals surface area contributed by atoms with E-state index < -0.39 is 6.29 Å². The van der Waals surface area contributed by atoms with Crippen molar-refractivity contribution in [1.82, 2.24) is 4.98 Å². The van der Waals surface area contributed by atoms with Crippen LogP contribution in [0, 0.1) is 0 Å². The highest BCUT2D eigenvalue weighted by atomic mass is 16.5. The molecule has 0 spiro atoms. The highest BCUT2D eigenvalue weighted by molar-refractivity contribution is 5.08. The number of aliphatic hydroxyl groups is 2. The minimum Gasteiger partial charge on any atom is -0.368 e. The zero-order valence-electron chi connectivity index (χ0n) is 4.91. The van der Waals surface area contributed by atoms with Gasteiger partial charge in [0.25, 0.3) is 0 Å². The van der Waals surface area contributed by atoms with Crippen molar-refractivity contribution in [2.75, 3.05) is 0 Å². The zero-order chi connectivity index (χ0) is 6.69. The van der Waals surface area contributed by atoms with Gasteiger partial charge in [-0.1, -0.05) is 0 Å². The van der Waals surface area contributed by atoms with Gasteiger partial charge in [0.15, 0.2) is 6.29 Å². The van der Waals surface area contributed by atoms with Gasteiger partial charge in [-0.05, 0) is 11.6 Å². The van der Waals surface area contributed by atoms with E-state index in [-0.39, 0.29) is 0 Å². The van der Waals surface area contributed by atoms with Gasteiger partial charge in [-0.2, -0.15) is 0 Å². The number of aliphatic hydroxyl groups excluding tert-OH is 1. The molecule has 1 rings (SSSR count). The first-order valence-electron chi connectivity index (χ1n) is 2.77. The van der Waals surface area contributed by atoms with Gasteiger partial charge in [0.1, 0.15) is 0 Å². The molecule has 1 heterocycles. The monoisotopic (exact) mass is 127 g/mol. The van der Waals surface area contributed by atoms with Crippen LogP contribution >= 0.6 is 0 Å². The highest BCUT2D eigenvalue weighted by Gasteiger charge is 1.98. The topological polar surface area (TPSA) is 56.2 Å². The van der Waals surface area contributed by atoms with Crippen LogP contribution in [0.15, 0.2) is 18.5 Å². The molecule has 0 saturated carbocycles. The summed E-state index contributed by atoms with van der Waals surface area (Å²) in [5.41, 5.74) is 0.907. The Morgan fingerprint density at radius 1 is 1.56 bits per heavy atom. The van der Waals surface area contributed by atoms with Gasteiger partial charge in [-0.15, -0.1) is 0 Å². The lowest BCUT2D eigenvalue weighted by Gasteiger charge is -1.97. The number of nitrogens with one attached hydrogen (secondary N) is 1. The fourth-order valence-corrected chi connectivity index (χ4v) is 0.696. The van der Waals surface area contributed by atoms with Crippen molar-refractivity contribution in [2.24, 2.45) is 0 Å². The molecule has 0 bridgehead atoms. The van der Waals surface area contributed by atoms with Crippen LogP contribution in [0.25, 0.3) is 0 Å². The van der Waals surface area contributed by atoms with Crippen LogP contribution < -0.4 is 0 Å². The summed E-state index contributed by atoms with van der Waals surface area (Å²) in [7, 11) is 0. The average molecular weight is 127 g/mol. The Morgan fingerprint density at radius 3 is 2.78 bits per heavy atom. The predicted octanol–water partition coefficient (Wildman–Crippen LogP) is -0.132. The second kappa shape index (κ2) is 2.66. The van der Waals surface area contributed by atoms with Gasteiger partial charge in [0.05, 0.1) is 0 Å². The second-order valence-electron chi connectivity index (χ2n) is 1.90. The van der Waals surface area contributed by atoms with E-state index in [9.17, 15) is 0 Å². The smallest absolute Gasteiger partial charge is 0.155 e. The van der Waals surface area contributed by atoms with E-state index in [1.54, 1.807) is 18.5 Å². The molecule has 1 aromatic heterocycles. The summed E-state index contributed by atoms with van der Waals surface area (Å²) in [6.07, 6.45) is 2.54. The van der Waals surface area contributed by atoms with Gasteiger partial charge in [-0.3, -0.25) is 0 Å². The molecule has 3 heteroatoms. The van der Waals surface area contributed by atoms with Gasteiger partial charge in [0.2, 0.25) is 0 Å². The first kappa shape index (κ1) is 6.32. The van der Waals surface area contributed by atoms with Crippen molar-refractivity contribution in [3.63, 3.8) is 0 Å². The summed E-state index contributed by atoms with van der Waals surface area (Å²) in [5.74, 6) is 0. The third-order valence-corrected chi connectivity index (χ3v) is 1.08. The summed E-state index contributed by atoms with van der Waals surface area (Å²) < 4.78 is 0. The fourth-order valence-electron chi connectivity index (χ4n) is 0.696. The molecule has 0 fully saturated rings. The predicted molar refractivity (Wildman–Crippen MR) is 32.7 cm³/mol. The SMILES string of the molecule is OC(O)Cc1cc[nH]c1. The van der Waals surface area contributed by atoms with Crippen molar-refractivity contribution in [2.45, 2.75) is 12.7 Å². The number of hydrogen-bond acceptors (Lipinski definition) is 2. The minimum atomic E-state index is -1.24. The van der Waals surface area contributed by atoms with Crippen molar-refractivity contribution in [3.8, 4) is 0 Å². The number of hydrogen-bond donors (Lipinski definition) is 3. The van der Waals surface area contributed by atoms with Crippen LogP contribution in [0.3, 0.4) is 0 Å². The van der Waals surface area contributed by atoms with Crippen molar-refractivity contribution < 1.29 is 10.2 Å². The molecule has 0 aliphatic carbocycles. The largest absolute Gasteiger partial charge is 0.368 e. The van der Waals surface area contributed by atoms with Crippen molar-refractivity contribution >= 4 is 0 Å². The summed E-state index contributed by atoms with van der Waals surface area (Å²) >= 11 is 0. The summed E-state index contributed by atoms with van der Waals surface area (Å²) in [6, 6.07) is 1.80. The van der Waals surface area contributed by atoms with Crippen LogP contribution in [-0.2, 0) is 6.42 Å². The quantitative estimate of drug-likeness (QED) is 0.484. The van der Waals surface area contributed by atoms with Gasteiger partial charge in [-0.25, -0.2) is 0 Å². The summed E-state index contributed by atoms with van der Waals surface area (Å²) in [6.45, 7) is 0. The minimum absolute atomic E-state index is 0.295. The molecule has 0 atom stereocenters. The Kier molecular flexibility index (Phi) is 1.87. The molecule has 0 saturated heterocycles. The maximum absolute atomic E-state index is 8.47. The molecule has 1 aromatic rings. The molecule has 50 valence electrons. The lowest BCUT2D eigenvalue weighted by Crippen LogP contribution is -2.06. The van der Waals surface area contributed by atoms with Crippen molar-refractivity contribution in [1.29, 1.82) is 0 Å². The molecule has 0 aliphatic heterocycles. The van der Waals surface area contributed by atoms with E-state index in [1.807, 2.05) is 0 Å². The molecule has 3 N–H and O–H groups in total. The molecule has 0 aliphatic rings. The highest BCUT2D eigenvalue weighted by Crippen LogP contribution is 1.98. The Hall–Kier alpha value is -0.800. The van der Waals surface area contributed by atoms with Gasteiger partial charge in [0, 0.05) is 18.8 Å². The second-order valence-corrected chi connectivity index (χ2v) is 1.90. The Bertz CT molecular complexity index is 158. The van der Waals surface area contributed by atoms with Crippen LogP contribution in [0.5, 0.6) is 0 Å². The first-order chi connectivity index (χ1) is 4.29. The standard InChI is InChI=1S/C6H9NO2/c8-6(9)3-5-1-2-7-4-5/h1-2,4,6-9H,3H2. The third kappa shape index (κ3) is 1.87. The summed E-state index contributed by atoms with van der Waals surface area (Å²) in [4.78, 5) is 2.81. The molecular weight excluding hydrogens is 118 g/mol. The van der Waals surface area contributed by atoms with E-state index in [1.165, 1.54) is 0 Å². The van der Waals surface area contributed by atoms with Crippen LogP contribution in [0.1, 0.15) is 5.56 Å². The summed E-state index contributed by atoms with van der Waals surface area (Å²) in [5, 5.41) is 16.9. The lowest BCUT2D eigenvalue weighted by atomic mass is 10.2. The van der Waals surface area contributed by atoms with Crippen LogP contribution in [0.4, 0.5) is 0 Å². The first-order valence-corrected chi connectivity index (χ1v) is 2.77. The maximum Gasteiger partial charge on any atom is 0.155 e. The van der Waals surface area contributed by atoms with E-state index in [0.29, 0.717) is 6.42 Å². The molecule has 9 heavy (non-hydrogen) atoms. The average Bonchev–Trinajstić information content (AvgIpc) is 2.15. The molecule has 0 unspecified atom stereocenters. The van der Waals surface area contributed by atoms with Crippen molar-refractivity contribution in [3.05, 3.63) is 24.0 Å². The van der Waals surface area contributed by atoms with Crippen LogP contribution in [-0.4, -0.2) is 21.5 Å². The normalized spacial score (nSPS) is 10.6. The fraction of sp³-hybridized carbons (Fsp3) is 0.333. The zero-order valence-corrected chi connectivity index (χ0v) is 4.91. The van der Waals surface area contributed by atoms with Crippen LogP contribution in [0.2, 0.25) is 0 Å². The number of H-pyrrole nitrogens is 1.